The lowest BCUT2D eigenvalue weighted by Gasteiger charge is -2.33. The summed E-state index contributed by atoms with van der Waals surface area (Å²) >= 11 is 0. The van der Waals surface area contributed by atoms with Gasteiger partial charge in [0.05, 0.1) is 19.7 Å². The molecular formula is C19H31N4O5+. The van der Waals surface area contributed by atoms with Crippen molar-refractivity contribution in [2.75, 3.05) is 26.2 Å². The number of rotatable bonds is 5. The number of quaternary nitrogens is 1. The standard InChI is InChI=1S/C19H30N4O5/c1-3-28-16(25)14-5-4-10-22(11-14)12-15(24)21-23-17(26)19(20-18(23)27)8-6-13(2)7-9-19/h13-14H,3-12H2,1-2H3,(H,20,27)(H,21,24)/p+1/t13?,14-,19?/m1/s1. The van der Waals surface area contributed by atoms with Crippen LogP contribution in [-0.4, -0.2) is 60.6 Å². The molecule has 3 fully saturated rings. The van der Waals surface area contributed by atoms with E-state index in [9.17, 15) is 19.2 Å². The van der Waals surface area contributed by atoms with Crippen molar-refractivity contribution in [3.8, 4) is 0 Å². The molecule has 2 atom stereocenters. The zero-order chi connectivity index (χ0) is 20.3. The minimum atomic E-state index is -0.871. The van der Waals surface area contributed by atoms with Gasteiger partial charge >= 0.3 is 12.0 Å². The van der Waals surface area contributed by atoms with Gasteiger partial charge in [-0.05, 0) is 51.4 Å². The lowest BCUT2D eigenvalue weighted by molar-refractivity contribution is -0.899. The molecule has 1 spiro atoms. The molecule has 156 valence electrons. The molecule has 3 N–H and O–H groups in total. The number of amides is 4. The van der Waals surface area contributed by atoms with E-state index in [1.807, 2.05) is 0 Å². The molecule has 9 nitrogen and oxygen atoms in total. The number of ether oxygens (including phenoxy) is 1. The topological polar surface area (TPSA) is 109 Å². The Bertz CT molecular complexity index is 644. The van der Waals surface area contributed by atoms with E-state index in [2.05, 4.69) is 17.7 Å². The summed E-state index contributed by atoms with van der Waals surface area (Å²) in [6, 6.07) is -0.564. The summed E-state index contributed by atoms with van der Waals surface area (Å²) in [5.41, 5.74) is 1.60. The highest BCUT2D eigenvalue weighted by molar-refractivity contribution is 6.08. The lowest BCUT2D eigenvalue weighted by atomic mass is 9.77. The Balaban J connectivity index is 1.54. The zero-order valence-corrected chi connectivity index (χ0v) is 16.7. The second-order valence-corrected chi connectivity index (χ2v) is 8.34. The molecule has 3 aliphatic rings. The first kappa shape index (κ1) is 20.6. The summed E-state index contributed by atoms with van der Waals surface area (Å²) in [5.74, 6) is -0.655. The normalized spacial score (nSPS) is 32.9. The Hall–Kier alpha value is -2.16. The monoisotopic (exact) mass is 395 g/mol. The van der Waals surface area contributed by atoms with E-state index in [1.54, 1.807) is 6.92 Å². The predicted octanol–water partition coefficient (Wildman–Crippen LogP) is -0.624. The number of nitrogens with zero attached hydrogens (tertiary/aromatic N) is 1. The summed E-state index contributed by atoms with van der Waals surface area (Å²) in [6.07, 6.45) is 4.55. The van der Waals surface area contributed by atoms with Crippen LogP contribution in [0.3, 0.4) is 0 Å². The summed E-state index contributed by atoms with van der Waals surface area (Å²) in [6.45, 7) is 5.66. The molecule has 2 heterocycles. The number of esters is 1. The third-order valence-electron chi connectivity index (χ3n) is 6.17. The van der Waals surface area contributed by atoms with Crippen LogP contribution in [0.25, 0.3) is 0 Å². The van der Waals surface area contributed by atoms with Gasteiger partial charge in [0.25, 0.3) is 11.8 Å². The average Bonchev–Trinajstić information content (AvgIpc) is 2.89. The third-order valence-corrected chi connectivity index (χ3v) is 6.17. The molecule has 0 aromatic rings. The van der Waals surface area contributed by atoms with Crippen molar-refractivity contribution >= 4 is 23.8 Å². The lowest BCUT2D eigenvalue weighted by Crippen LogP contribution is -3.15. The fourth-order valence-corrected chi connectivity index (χ4v) is 4.48. The molecular weight excluding hydrogens is 364 g/mol. The molecule has 2 aliphatic heterocycles. The van der Waals surface area contributed by atoms with E-state index < -0.39 is 17.5 Å². The minimum absolute atomic E-state index is 0.108. The number of urea groups is 1. The average molecular weight is 395 g/mol. The maximum atomic E-state index is 12.8. The fraction of sp³-hybridized carbons (Fsp3) is 0.789. The van der Waals surface area contributed by atoms with Crippen molar-refractivity contribution in [2.45, 2.75) is 57.9 Å². The number of carbonyl (C=O) groups is 4. The maximum absolute atomic E-state index is 12.8. The SMILES string of the molecule is CCOC(=O)[C@@H]1CCC[NH+](CC(=O)NN2C(=O)NC3(CCC(C)CC3)C2=O)C1. The number of likely N-dealkylation sites (tertiary alicyclic amines) is 1. The van der Waals surface area contributed by atoms with Gasteiger partial charge in [-0.25, -0.2) is 4.79 Å². The van der Waals surface area contributed by atoms with Crippen LogP contribution in [0.4, 0.5) is 4.79 Å². The molecule has 1 aliphatic carbocycles. The van der Waals surface area contributed by atoms with Gasteiger partial charge in [-0.3, -0.25) is 19.8 Å². The Morgan fingerprint density at radius 1 is 1.29 bits per heavy atom. The van der Waals surface area contributed by atoms with Crippen LogP contribution < -0.4 is 15.6 Å². The van der Waals surface area contributed by atoms with Crippen molar-refractivity contribution in [1.29, 1.82) is 0 Å². The van der Waals surface area contributed by atoms with Crippen molar-refractivity contribution in [3.63, 3.8) is 0 Å². The van der Waals surface area contributed by atoms with E-state index in [4.69, 9.17) is 4.74 Å². The van der Waals surface area contributed by atoms with Gasteiger partial charge in [0.1, 0.15) is 11.5 Å². The number of carbonyl (C=O) groups excluding carboxylic acids is 4. The van der Waals surface area contributed by atoms with Crippen LogP contribution in [0.5, 0.6) is 0 Å². The number of hydrogen-bond donors (Lipinski definition) is 3. The van der Waals surface area contributed by atoms with E-state index >= 15 is 0 Å². The summed E-state index contributed by atoms with van der Waals surface area (Å²) < 4.78 is 5.08. The largest absolute Gasteiger partial charge is 0.466 e. The Labute approximate surface area is 165 Å². The van der Waals surface area contributed by atoms with Crippen molar-refractivity contribution in [3.05, 3.63) is 0 Å². The quantitative estimate of drug-likeness (QED) is 0.425. The van der Waals surface area contributed by atoms with Crippen LogP contribution >= 0.6 is 0 Å². The van der Waals surface area contributed by atoms with E-state index in [1.165, 1.54) is 0 Å². The summed E-state index contributed by atoms with van der Waals surface area (Å²) in [5, 5.41) is 3.63. The highest BCUT2D eigenvalue weighted by Crippen LogP contribution is 2.35. The van der Waals surface area contributed by atoms with Crippen LogP contribution in [0, 0.1) is 11.8 Å². The molecule has 0 aromatic carbocycles. The highest BCUT2D eigenvalue weighted by Gasteiger charge is 2.53. The van der Waals surface area contributed by atoms with Crippen LogP contribution in [0.1, 0.15) is 52.4 Å². The van der Waals surface area contributed by atoms with Gasteiger partial charge < -0.3 is 15.0 Å². The van der Waals surface area contributed by atoms with Gasteiger partial charge in [-0.15, -0.1) is 0 Å². The number of nitrogens with one attached hydrogen (secondary N) is 3. The first-order valence-corrected chi connectivity index (χ1v) is 10.3. The molecule has 2 saturated heterocycles. The second kappa shape index (κ2) is 8.46. The number of piperidine rings is 1. The first-order chi connectivity index (χ1) is 13.3. The van der Waals surface area contributed by atoms with Crippen molar-refractivity contribution in [1.82, 2.24) is 15.8 Å². The molecule has 1 unspecified atom stereocenters. The van der Waals surface area contributed by atoms with E-state index in [0.29, 0.717) is 31.9 Å². The molecule has 3 rings (SSSR count). The molecule has 0 radical (unpaired) electrons. The van der Waals surface area contributed by atoms with Gasteiger partial charge in [0.2, 0.25) is 0 Å². The van der Waals surface area contributed by atoms with Crippen molar-refractivity contribution < 1.29 is 28.8 Å². The van der Waals surface area contributed by atoms with Crippen molar-refractivity contribution in [2.24, 2.45) is 11.8 Å². The number of hydrogen-bond acceptors (Lipinski definition) is 5. The van der Waals surface area contributed by atoms with Crippen LogP contribution in [0.15, 0.2) is 0 Å². The Morgan fingerprint density at radius 3 is 2.68 bits per heavy atom. The van der Waals surface area contributed by atoms with Gasteiger partial charge in [-0.1, -0.05) is 6.92 Å². The first-order valence-electron chi connectivity index (χ1n) is 10.3. The minimum Gasteiger partial charge on any atom is -0.466 e. The third kappa shape index (κ3) is 4.29. The second-order valence-electron chi connectivity index (χ2n) is 8.34. The predicted molar refractivity (Wildman–Crippen MR) is 98.8 cm³/mol. The van der Waals surface area contributed by atoms with Gasteiger partial charge in [0.15, 0.2) is 6.54 Å². The number of imide groups is 1. The Kier molecular flexibility index (Phi) is 6.22. The summed E-state index contributed by atoms with van der Waals surface area (Å²) in [7, 11) is 0. The molecule has 0 aromatic heterocycles. The van der Waals surface area contributed by atoms with Gasteiger partial charge in [-0.2, -0.15) is 5.01 Å². The maximum Gasteiger partial charge on any atom is 0.344 e. The molecule has 0 bridgehead atoms. The fourth-order valence-electron chi connectivity index (χ4n) is 4.48. The highest BCUT2D eigenvalue weighted by atomic mass is 16.5. The van der Waals surface area contributed by atoms with Crippen LogP contribution in [-0.2, 0) is 19.1 Å². The Morgan fingerprint density at radius 2 is 2.00 bits per heavy atom. The molecule has 28 heavy (non-hydrogen) atoms. The smallest absolute Gasteiger partial charge is 0.344 e. The molecule has 4 amide bonds. The molecule has 9 heteroatoms. The van der Waals surface area contributed by atoms with E-state index in [-0.39, 0.29) is 24.3 Å². The van der Waals surface area contributed by atoms with Gasteiger partial charge in [0, 0.05) is 0 Å². The number of hydrazine groups is 1. The van der Waals surface area contributed by atoms with Crippen LogP contribution in [0.2, 0.25) is 0 Å². The van der Waals surface area contributed by atoms with E-state index in [0.717, 1.165) is 42.1 Å². The summed E-state index contributed by atoms with van der Waals surface area (Å²) in [4.78, 5) is 50.5. The molecule has 1 saturated carbocycles. The zero-order valence-electron chi connectivity index (χ0n) is 16.7.